The maximum Gasteiger partial charge on any atom is 0.534 e. The first-order valence-electron chi connectivity index (χ1n) is 11.0. The van der Waals surface area contributed by atoms with Crippen LogP contribution in [-0.4, -0.2) is 27.0 Å². The van der Waals surface area contributed by atoms with Crippen molar-refractivity contribution in [3.8, 4) is 11.4 Å². The lowest BCUT2D eigenvalue weighted by atomic mass is 9.87. The van der Waals surface area contributed by atoms with Crippen molar-refractivity contribution in [2.45, 2.75) is 72.0 Å². The summed E-state index contributed by atoms with van der Waals surface area (Å²) in [5.41, 5.74) is 3.30. The second kappa shape index (κ2) is 9.62. The van der Waals surface area contributed by atoms with Gasteiger partial charge < -0.3 is 4.74 Å². The summed E-state index contributed by atoms with van der Waals surface area (Å²) in [6, 6.07) is 16.1. The zero-order chi connectivity index (χ0) is 24.4. The van der Waals surface area contributed by atoms with Crippen LogP contribution in [0.25, 0.3) is 22.4 Å². The number of carbonyl (C=O) groups excluding carboxylic acids is 1. The van der Waals surface area contributed by atoms with Crippen molar-refractivity contribution in [2.24, 2.45) is 0 Å². The number of rotatable bonds is 6. The first kappa shape index (κ1) is 24.9. The second-order valence-electron chi connectivity index (χ2n) is 10.0. The number of ether oxygens (including phenoxy) is 1. The summed E-state index contributed by atoms with van der Waals surface area (Å²) >= 11 is 0. The zero-order valence-corrected chi connectivity index (χ0v) is 21.3. The molecule has 1 aromatic heterocycles. The molecule has 0 aliphatic heterocycles. The predicted molar refractivity (Wildman–Crippen MR) is 131 cm³/mol. The van der Waals surface area contributed by atoms with Crippen LogP contribution in [0.15, 0.2) is 48.5 Å². The highest BCUT2D eigenvalue weighted by Gasteiger charge is 2.32. The third-order valence-corrected chi connectivity index (χ3v) is 6.15. The summed E-state index contributed by atoms with van der Waals surface area (Å²) in [6.45, 7) is 13.5. The topological polar surface area (TPSA) is 82.5 Å². The van der Waals surface area contributed by atoms with Gasteiger partial charge >= 0.3 is 14.1 Å². The Morgan fingerprint density at radius 2 is 1.70 bits per heavy atom. The maximum atomic E-state index is 12.7. The van der Waals surface area contributed by atoms with Crippen molar-refractivity contribution < 1.29 is 18.6 Å². The Morgan fingerprint density at radius 1 is 1.06 bits per heavy atom. The molecule has 176 valence electrons. The van der Waals surface area contributed by atoms with Crippen LogP contribution in [0.3, 0.4) is 0 Å². The third-order valence-electron chi connectivity index (χ3n) is 5.02. The standard InChI is InChI=1S/C25H32N3O4P/c1-17(26-23(29)32-25(5,6)7)33(30)31-16-28-21-11-9-8-10-20(21)27-22(28)18-12-14-19(15-13-18)24(2,3)4/h8-15,17H,16H2,1-7H3/p+1/t17-/m1/s1. The average Bonchev–Trinajstić information content (AvgIpc) is 3.08. The number of benzene rings is 2. The fourth-order valence-corrected chi connectivity index (χ4v) is 3.97. The normalized spacial score (nSPS) is 13.6. The molecule has 33 heavy (non-hydrogen) atoms. The Hall–Kier alpha value is -2.76. The number of nitrogens with one attached hydrogen (secondary N) is 1. The number of imidazole rings is 1. The molecule has 2 aromatic carbocycles. The third kappa shape index (κ3) is 6.40. The van der Waals surface area contributed by atoms with Gasteiger partial charge in [-0.15, -0.1) is 4.52 Å². The smallest absolute Gasteiger partial charge is 0.444 e. The number of para-hydroxylation sites is 2. The highest BCUT2D eigenvalue weighted by molar-refractivity contribution is 7.39. The molecule has 0 saturated heterocycles. The minimum absolute atomic E-state index is 0.0341. The number of carbonyl (C=O) groups is 1. The molecule has 3 rings (SSSR count). The summed E-state index contributed by atoms with van der Waals surface area (Å²) in [5, 5.41) is 2.58. The Bertz CT molecular complexity index is 1140. The second-order valence-corrected chi connectivity index (χ2v) is 11.6. The van der Waals surface area contributed by atoms with E-state index in [4.69, 9.17) is 14.2 Å². The molecule has 0 fully saturated rings. The lowest BCUT2D eigenvalue weighted by Crippen LogP contribution is -2.36. The molecule has 3 aromatic rings. The van der Waals surface area contributed by atoms with Crippen molar-refractivity contribution in [1.82, 2.24) is 14.9 Å². The van der Waals surface area contributed by atoms with Gasteiger partial charge in [-0.05, 0) is 48.4 Å². The van der Waals surface area contributed by atoms with Crippen molar-refractivity contribution in [3.05, 3.63) is 54.1 Å². The van der Waals surface area contributed by atoms with Gasteiger partial charge in [-0.25, -0.2) is 9.78 Å². The van der Waals surface area contributed by atoms with E-state index in [-0.39, 0.29) is 12.1 Å². The SMILES string of the molecule is C[C@H](NC(=O)OC(C)(C)C)[P+](=O)OCn1c(-c2ccc(C(C)(C)C)cc2)nc2ccccc21. The van der Waals surface area contributed by atoms with Crippen LogP contribution in [0.5, 0.6) is 0 Å². The molecule has 1 heterocycles. The lowest BCUT2D eigenvalue weighted by Gasteiger charge is -2.19. The van der Waals surface area contributed by atoms with Crippen LogP contribution < -0.4 is 5.32 Å². The Morgan fingerprint density at radius 3 is 2.30 bits per heavy atom. The highest BCUT2D eigenvalue weighted by Crippen LogP contribution is 2.32. The maximum absolute atomic E-state index is 12.7. The number of hydrogen-bond donors (Lipinski definition) is 1. The minimum Gasteiger partial charge on any atom is -0.444 e. The summed E-state index contributed by atoms with van der Waals surface area (Å²) < 4.78 is 25.5. The monoisotopic (exact) mass is 470 g/mol. The van der Waals surface area contributed by atoms with Crippen molar-refractivity contribution in [1.29, 1.82) is 0 Å². The Balaban J connectivity index is 1.80. The van der Waals surface area contributed by atoms with Gasteiger partial charge in [0, 0.05) is 12.5 Å². The van der Waals surface area contributed by atoms with Crippen molar-refractivity contribution in [2.75, 3.05) is 0 Å². The van der Waals surface area contributed by atoms with E-state index in [0.29, 0.717) is 0 Å². The largest absolute Gasteiger partial charge is 0.534 e. The number of alkyl carbamates (subject to hydrolysis) is 1. The Kier molecular flexibility index (Phi) is 7.25. The number of fused-ring (bicyclic) bond motifs is 1. The molecule has 0 aliphatic carbocycles. The summed E-state index contributed by atoms with van der Waals surface area (Å²) in [5.74, 6) is 0.0203. The van der Waals surface area contributed by atoms with Crippen LogP contribution in [0.1, 0.15) is 54.0 Å². The van der Waals surface area contributed by atoms with Crippen LogP contribution in [0, 0.1) is 0 Å². The van der Waals surface area contributed by atoms with Gasteiger partial charge in [0.1, 0.15) is 11.4 Å². The molecular weight excluding hydrogens is 437 g/mol. The van der Waals surface area contributed by atoms with Crippen molar-refractivity contribution in [3.63, 3.8) is 0 Å². The molecule has 0 radical (unpaired) electrons. The predicted octanol–water partition coefficient (Wildman–Crippen LogP) is 6.59. The summed E-state index contributed by atoms with van der Waals surface area (Å²) in [4.78, 5) is 16.8. The molecule has 1 amide bonds. The van der Waals surface area contributed by atoms with E-state index in [9.17, 15) is 9.36 Å². The number of amides is 1. The quantitative estimate of drug-likeness (QED) is 0.411. The van der Waals surface area contributed by atoms with E-state index in [2.05, 4.69) is 38.2 Å². The highest BCUT2D eigenvalue weighted by atomic mass is 31.1. The summed E-state index contributed by atoms with van der Waals surface area (Å²) in [6.07, 6.45) is -0.630. The van der Waals surface area contributed by atoms with Gasteiger partial charge in [0.2, 0.25) is 0 Å². The zero-order valence-electron chi connectivity index (χ0n) is 20.4. The van der Waals surface area contributed by atoms with E-state index < -0.39 is 25.5 Å². The molecule has 8 heteroatoms. The van der Waals surface area contributed by atoms with Gasteiger partial charge in [0.15, 0.2) is 6.73 Å². The number of hydrogen-bond acceptors (Lipinski definition) is 5. The average molecular weight is 471 g/mol. The first-order chi connectivity index (χ1) is 15.3. The molecular formula is C25H33N3O4P+. The Labute approximate surface area is 196 Å². The summed E-state index contributed by atoms with van der Waals surface area (Å²) in [7, 11) is -2.19. The molecule has 1 unspecified atom stereocenters. The fourth-order valence-electron chi connectivity index (χ4n) is 3.30. The molecule has 0 saturated carbocycles. The molecule has 0 spiro atoms. The van der Waals surface area contributed by atoms with Gasteiger partial charge in [-0.2, -0.15) is 0 Å². The lowest BCUT2D eigenvalue weighted by molar-refractivity contribution is 0.0520. The molecule has 0 bridgehead atoms. The van der Waals surface area contributed by atoms with E-state index in [1.807, 2.05) is 41.0 Å². The van der Waals surface area contributed by atoms with Gasteiger partial charge in [0.25, 0.3) is 5.78 Å². The van der Waals surface area contributed by atoms with Crippen LogP contribution >= 0.6 is 8.03 Å². The molecule has 2 atom stereocenters. The van der Waals surface area contributed by atoms with Gasteiger partial charge in [-0.3, -0.25) is 9.88 Å². The van der Waals surface area contributed by atoms with Crippen LogP contribution in [0.4, 0.5) is 4.79 Å². The van der Waals surface area contributed by atoms with Crippen LogP contribution in [-0.2, 0) is 26.0 Å². The molecule has 7 nitrogen and oxygen atoms in total. The number of nitrogens with zero attached hydrogens (tertiary/aromatic N) is 2. The fraction of sp³-hybridized carbons (Fsp3) is 0.440. The van der Waals surface area contributed by atoms with E-state index in [1.54, 1.807) is 27.7 Å². The van der Waals surface area contributed by atoms with Gasteiger partial charge in [0.05, 0.1) is 11.0 Å². The van der Waals surface area contributed by atoms with E-state index in [1.165, 1.54) is 5.56 Å². The molecule has 1 N–H and O–H groups in total. The first-order valence-corrected chi connectivity index (χ1v) is 12.2. The molecule has 0 aliphatic rings. The number of aromatic nitrogens is 2. The van der Waals surface area contributed by atoms with E-state index >= 15 is 0 Å². The minimum atomic E-state index is -2.19. The van der Waals surface area contributed by atoms with Crippen molar-refractivity contribution >= 4 is 25.2 Å². The van der Waals surface area contributed by atoms with Crippen LogP contribution in [0.2, 0.25) is 0 Å². The van der Waals surface area contributed by atoms with Gasteiger partial charge in [-0.1, -0.05) is 57.2 Å². The van der Waals surface area contributed by atoms with E-state index in [0.717, 1.165) is 22.4 Å².